The third-order valence-electron chi connectivity index (χ3n) is 6.16. The molecule has 1 aromatic carbocycles. The SMILES string of the molecule is CCCC(C)CC(/C=C/N(C)CC(=O)Nc1ccc(CN=O)cc1)OC(=O)C(O)(c1cccs1)c1cccs1. The maximum absolute atomic E-state index is 13.5. The van der Waals surface area contributed by atoms with Gasteiger partial charge in [0.25, 0.3) is 0 Å². The molecule has 39 heavy (non-hydrogen) atoms. The van der Waals surface area contributed by atoms with E-state index in [0.717, 1.165) is 18.4 Å². The summed E-state index contributed by atoms with van der Waals surface area (Å²) in [6, 6.07) is 14.0. The van der Waals surface area contributed by atoms with E-state index in [4.69, 9.17) is 4.74 Å². The molecule has 2 N–H and O–H groups in total. The summed E-state index contributed by atoms with van der Waals surface area (Å²) in [6.45, 7) is 4.38. The Morgan fingerprint density at radius 1 is 1.13 bits per heavy atom. The van der Waals surface area contributed by atoms with Crippen LogP contribution in [-0.2, 0) is 26.5 Å². The highest BCUT2D eigenvalue weighted by molar-refractivity contribution is 7.12. The predicted octanol–water partition coefficient (Wildman–Crippen LogP) is 6.13. The standard InChI is InChI=1S/C29H35N3O5S2/c1-4-7-21(2)18-24(37-28(34)29(35,25-8-5-16-38-25)26-9-6-17-39-26)14-15-32(3)20-27(33)31-23-12-10-22(11-13-23)19-30-36/h5-6,8-17,21,24,35H,4,7,18-20H2,1-3H3,(H,31,33)/b15-14+. The molecule has 0 radical (unpaired) electrons. The molecule has 2 aromatic heterocycles. The average molecular weight is 570 g/mol. The van der Waals surface area contributed by atoms with E-state index >= 15 is 0 Å². The Balaban J connectivity index is 1.69. The molecule has 1 amide bonds. The van der Waals surface area contributed by atoms with Gasteiger partial charge in [-0.3, -0.25) is 4.79 Å². The number of ether oxygens (including phenoxy) is 1. The molecule has 0 fully saturated rings. The number of rotatable bonds is 15. The van der Waals surface area contributed by atoms with Gasteiger partial charge in [-0.25, -0.2) is 4.79 Å². The first-order valence-electron chi connectivity index (χ1n) is 12.8. The molecule has 2 unspecified atom stereocenters. The lowest BCUT2D eigenvalue weighted by Crippen LogP contribution is -2.39. The number of likely N-dealkylation sites (N-methyl/N-ethyl adjacent to an activating group) is 1. The number of esters is 1. The molecule has 208 valence electrons. The van der Waals surface area contributed by atoms with Crippen LogP contribution in [0.1, 0.15) is 48.4 Å². The van der Waals surface area contributed by atoms with E-state index < -0.39 is 17.7 Å². The number of benzene rings is 1. The summed E-state index contributed by atoms with van der Waals surface area (Å²) in [6.07, 6.45) is 5.47. The highest BCUT2D eigenvalue weighted by Crippen LogP contribution is 2.37. The van der Waals surface area contributed by atoms with Crippen molar-refractivity contribution in [3.63, 3.8) is 0 Å². The van der Waals surface area contributed by atoms with Crippen LogP contribution in [0.2, 0.25) is 0 Å². The molecule has 0 saturated heterocycles. The van der Waals surface area contributed by atoms with Gasteiger partial charge in [0.15, 0.2) is 0 Å². The topological polar surface area (TPSA) is 108 Å². The Bertz CT molecular complexity index is 1180. The van der Waals surface area contributed by atoms with E-state index in [1.54, 1.807) is 72.8 Å². The lowest BCUT2D eigenvalue weighted by Gasteiger charge is -2.27. The molecule has 0 saturated carbocycles. The number of nitrogens with zero attached hydrogens (tertiary/aromatic N) is 2. The molecule has 0 aliphatic rings. The molecule has 2 atom stereocenters. The van der Waals surface area contributed by atoms with Crippen LogP contribution in [0.15, 0.2) is 76.7 Å². The monoisotopic (exact) mass is 569 g/mol. The Kier molecular flexibility index (Phi) is 11.4. The minimum Gasteiger partial charge on any atom is -0.455 e. The number of hydrogen-bond acceptors (Lipinski definition) is 9. The van der Waals surface area contributed by atoms with Crippen molar-refractivity contribution in [3.8, 4) is 0 Å². The zero-order valence-electron chi connectivity index (χ0n) is 22.4. The van der Waals surface area contributed by atoms with Crippen molar-refractivity contribution in [2.45, 2.75) is 51.4 Å². The van der Waals surface area contributed by atoms with Crippen LogP contribution in [-0.4, -0.2) is 41.6 Å². The number of amides is 1. The lowest BCUT2D eigenvalue weighted by molar-refractivity contribution is -0.165. The van der Waals surface area contributed by atoms with Crippen molar-refractivity contribution in [2.75, 3.05) is 18.9 Å². The number of anilines is 1. The third kappa shape index (κ3) is 8.58. The van der Waals surface area contributed by atoms with E-state index in [-0.39, 0.29) is 19.0 Å². The van der Waals surface area contributed by atoms with Gasteiger partial charge in [-0.2, -0.15) is 4.91 Å². The van der Waals surface area contributed by atoms with Crippen LogP contribution >= 0.6 is 22.7 Å². The Hall–Kier alpha value is -3.34. The normalized spacial score (nSPS) is 13.1. The quantitative estimate of drug-likeness (QED) is 0.168. The number of nitrogens with one attached hydrogen (secondary N) is 1. The highest BCUT2D eigenvalue weighted by atomic mass is 32.1. The summed E-state index contributed by atoms with van der Waals surface area (Å²) in [5.41, 5.74) is -0.495. The molecule has 8 nitrogen and oxygen atoms in total. The molecule has 3 rings (SSSR count). The van der Waals surface area contributed by atoms with E-state index in [2.05, 4.69) is 24.3 Å². The second kappa shape index (κ2) is 14.7. The minimum atomic E-state index is -1.88. The van der Waals surface area contributed by atoms with Gasteiger partial charge in [0.2, 0.25) is 11.5 Å². The molecule has 0 aliphatic heterocycles. The number of carbonyl (C=O) groups is 2. The average Bonchev–Trinajstić information content (AvgIpc) is 3.63. The summed E-state index contributed by atoms with van der Waals surface area (Å²) >= 11 is 2.60. The maximum atomic E-state index is 13.5. The van der Waals surface area contributed by atoms with E-state index in [1.165, 1.54) is 22.7 Å². The smallest absolute Gasteiger partial charge is 0.350 e. The van der Waals surface area contributed by atoms with Crippen molar-refractivity contribution in [2.24, 2.45) is 11.1 Å². The summed E-state index contributed by atoms with van der Waals surface area (Å²) in [4.78, 5) is 39.2. The fourth-order valence-electron chi connectivity index (χ4n) is 4.18. The summed E-state index contributed by atoms with van der Waals surface area (Å²) < 4.78 is 5.94. The number of nitroso groups, excluding NO2 is 1. The van der Waals surface area contributed by atoms with Gasteiger partial charge < -0.3 is 20.1 Å². The van der Waals surface area contributed by atoms with Crippen molar-refractivity contribution < 1.29 is 19.4 Å². The second-order valence-electron chi connectivity index (χ2n) is 9.53. The first-order chi connectivity index (χ1) is 18.8. The second-order valence-corrected chi connectivity index (χ2v) is 11.4. The Morgan fingerprint density at radius 2 is 1.77 bits per heavy atom. The minimum absolute atomic E-state index is 0.0770. The van der Waals surface area contributed by atoms with Crippen LogP contribution in [0.3, 0.4) is 0 Å². The number of carbonyl (C=O) groups excluding carboxylic acids is 2. The van der Waals surface area contributed by atoms with Gasteiger partial charge in [0.05, 0.1) is 16.3 Å². The number of hydrogen-bond donors (Lipinski definition) is 2. The fraction of sp³-hybridized carbons (Fsp3) is 0.379. The maximum Gasteiger partial charge on any atom is 0.350 e. The zero-order valence-corrected chi connectivity index (χ0v) is 24.0. The van der Waals surface area contributed by atoms with Crippen LogP contribution in [0, 0.1) is 10.8 Å². The number of thiophene rings is 2. The van der Waals surface area contributed by atoms with Crippen LogP contribution in [0.5, 0.6) is 0 Å². The number of aliphatic hydroxyl groups is 1. The summed E-state index contributed by atoms with van der Waals surface area (Å²) in [7, 11) is 1.76. The predicted molar refractivity (Wildman–Crippen MR) is 157 cm³/mol. The van der Waals surface area contributed by atoms with E-state index in [1.807, 2.05) is 10.8 Å². The van der Waals surface area contributed by atoms with Gasteiger partial charge in [0.1, 0.15) is 12.6 Å². The molecular formula is C29H35N3O5S2. The molecule has 0 aliphatic carbocycles. The molecule has 0 bridgehead atoms. The third-order valence-corrected chi connectivity index (χ3v) is 8.12. The molecule has 3 aromatic rings. The van der Waals surface area contributed by atoms with Crippen molar-refractivity contribution >= 4 is 40.2 Å². The van der Waals surface area contributed by atoms with Gasteiger partial charge in [-0.1, -0.05) is 56.1 Å². The van der Waals surface area contributed by atoms with Crippen LogP contribution < -0.4 is 5.32 Å². The largest absolute Gasteiger partial charge is 0.455 e. The van der Waals surface area contributed by atoms with Gasteiger partial charge in [-0.05, 0) is 65.2 Å². The molecular weight excluding hydrogens is 534 g/mol. The van der Waals surface area contributed by atoms with Crippen molar-refractivity contribution in [1.29, 1.82) is 0 Å². The molecule has 2 heterocycles. The lowest BCUT2D eigenvalue weighted by atomic mass is 9.97. The van der Waals surface area contributed by atoms with Crippen molar-refractivity contribution in [1.82, 2.24) is 4.90 Å². The molecule has 10 heteroatoms. The highest BCUT2D eigenvalue weighted by Gasteiger charge is 2.44. The summed E-state index contributed by atoms with van der Waals surface area (Å²) in [5, 5.41) is 20.9. The van der Waals surface area contributed by atoms with Gasteiger partial charge in [0, 0.05) is 12.7 Å². The Morgan fingerprint density at radius 3 is 2.31 bits per heavy atom. The molecule has 0 spiro atoms. The van der Waals surface area contributed by atoms with Crippen LogP contribution in [0.25, 0.3) is 0 Å². The first-order valence-corrected chi connectivity index (χ1v) is 14.6. The van der Waals surface area contributed by atoms with Gasteiger partial charge in [-0.15, -0.1) is 22.7 Å². The van der Waals surface area contributed by atoms with E-state index in [9.17, 15) is 19.6 Å². The van der Waals surface area contributed by atoms with Gasteiger partial charge >= 0.3 is 5.97 Å². The first kappa shape index (κ1) is 30.2. The van der Waals surface area contributed by atoms with E-state index in [0.29, 0.717) is 27.8 Å². The summed E-state index contributed by atoms with van der Waals surface area (Å²) in [5.74, 6) is -0.652. The fourth-order valence-corrected chi connectivity index (χ4v) is 5.89. The van der Waals surface area contributed by atoms with Crippen molar-refractivity contribution in [3.05, 3.63) is 91.8 Å². The van der Waals surface area contributed by atoms with Crippen LogP contribution in [0.4, 0.5) is 5.69 Å². The zero-order chi connectivity index (χ0) is 28.3. The Labute approximate surface area is 237 Å².